The second kappa shape index (κ2) is 8.32. The van der Waals surface area contributed by atoms with Crippen molar-refractivity contribution in [1.82, 2.24) is 0 Å². The van der Waals surface area contributed by atoms with Gasteiger partial charge in [-0.05, 0) is 0 Å². The molecule has 0 saturated carbocycles. The molecule has 0 amide bonds. The molecule has 0 spiro atoms. The molecule has 0 aliphatic carbocycles. The first-order chi connectivity index (χ1) is 6.52. The van der Waals surface area contributed by atoms with Gasteiger partial charge in [-0.1, -0.05) is 0 Å². The van der Waals surface area contributed by atoms with Crippen molar-refractivity contribution < 1.29 is 9.59 Å². The van der Waals surface area contributed by atoms with E-state index >= 15 is 0 Å². The molecule has 0 bridgehead atoms. The van der Waals surface area contributed by atoms with Gasteiger partial charge in [-0.3, -0.25) is 0 Å². The first kappa shape index (κ1) is 14.0. The molecule has 3 nitrogen and oxygen atoms in total. The molecule has 0 aromatic rings. The Morgan fingerprint density at radius 3 is 2.50 bits per heavy atom. The minimum absolute atomic E-state index is 0.273. The summed E-state index contributed by atoms with van der Waals surface area (Å²) in [6.45, 7) is 6.43. The van der Waals surface area contributed by atoms with Crippen molar-refractivity contribution in [1.29, 1.82) is 0 Å². The van der Waals surface area contributed by atoms with E-state index in [-0.39, 0.29) is 6.61 Å². The zero-order chi connectivity index (χ0) is 11.0. The molecule has 0 saturated heterocycles. The van der Waals surface area contributed by atoms with Crippen LogP contribution in [0.25, 0.3) is 0 Å². The van der Waals surface area contributed by atoms with Crippen LogP contribution in [0.1, 0.15) is 33.6 Å². The van der Waals surface area contributed by atoms with Crippen molar-refractivity contribution in [2.45, 2.75) is 33.6 Å². The predicted molar refractivity (Wildman–Crippen MR) is 57.0 cm³/mol. The summed E-state index contributed by atoms with van der Waals surface area (Å²) in [5, 5.41) is 0. The molecule has 0 aliphatic heterocycles. The van der Waals surface area contributed by atoms with Gasteiger partial charge in [-0.2, -0.15) is 0 Å². The third kappa shape index (κ3) is 10.1. The minimum atomic E-state index is -3.56. The molecule has 0 heterocycles. The number of allylic oxidation sites excluding steroid dienone is 3. The van der Waals surface area contributed by atoms with E-state index in [1.54, 1.807) is 0 Å². The van der Waals surface area contributed by atoms with Gasteiger partial charge in [0.25, 0.3) is 0 Å². The van der Waals surface area contributed by atoms with Crippen molar-refractivity contribution in [3.63, 3.8) is 0 Å². The Labute approximate surface area is 93.7 Å². The summed E-state index contributed by atoms with van der Waals surface area (Å²) in [5.74, 6) is 0. The molecule has 0 aliphatic rings. The van der Waals surface area contributed by atoms with Crippen LogP contribution >= 0.6 is 0 Å². The van der Waals surface area contributed by atoms with Crippen molar-refractivity contribution in [2.75, 3.05) is 6.61 Å². The molecule has 0 aromatic carbocycles. The van der Waals surface area contributed by atoms with Gasteiger partial charge in [-0.15, -0.1) is 0 Å². The summed E-state index contributed by atoms with van der Waals surface area (Å²) in [5.41, 5.74) is 2.52. The van der Waals surface area contributed by atoms with Gasteiger partial charge in [0.2, 0.25) is 0 Å². The zero-order valence-corrected chi connectivity index (χ0v) is 11.9. The van der Waals surface area contributed by atoms with Gasteiger partial charge >= 0.3 is 93.7 Å². The van der Waals surface area contributed by atoms with Gasteiger partial charge in [0.15, 0.2) is 0 Å². The van der Waals surface area contributed by atoms with E-state index in [1.807, 2.05) is 13.0 Å². The summed E-state index contributed by atoms with van der Waals surface area (Å²) in [6.07, 6.45) is 6.05. The third-order valence-corrected chi connectivity index (χ3v) is 2.91. The summed E-state index contributed by atoms with van der Waals surface area (Å²) in [4.78, 5) is 0. The Morgan fingerprint density at radius 2 is 2.00 bits per heavy atom. The van der Waals surface area contributed by atoms with Crippen LogP contribution in [0, 0.1) is 0 Å². The molecular weight excluding hydrogens is 287 g/mol. The fourth-order valence-corrected chi connectivity index (χ4v) is 1.59. The molecule has 14 heavy (non-hydrogen) atoms. The van der Waals surface area contributed by atoms with Crippen LogP contribution in [0.3, 0.4) is 0 Å². The monoisotopic (exact) mass is 306 g/mol. The van der Waals surface area contributed by atoms with Crippen molar-refractivity contribution in [2.24, 2.45) is 0 Å². The summed E-state index contributed by atoms with van der Waals surface area (Å²) < 4.78 is 23.4. The van der Waals surface area contributed by atoms with E-state index in [9.17, 15) is 3.08 Å². The van der Waals surface area contributed by atoms with Crippen molar-refractivity contribution >= 4 is 20.6 Å². The van der Waals surface area contributed by atoms with Crippen LogP contribution < -0.4 is 0 Å². The summed E-state index contributed by atoms with van der Waals surface area (Å²) in [6, 6.07) is 0. The second-order valence-corrected chi connectivity index (χ2v) is 5.79. The van der Waals surface area contributed by atoms with Crippen LogP contribution in [-0.2, 0) is 6.15 Å². The van der Waals surface area contributed by atoms with E-state index in [0.717, 1.165) is 12.8 Å². The number of hydrogen-bond donors (Lipinski definition) is 1. The van der Waals surface area contributed by atoms with Crippen LogP contribution in [0.2, 0.25) is 0 Å². The van der Waals surface area contributed by atoms with Crippen LogP contribution in [0.4, 0.5) is 0 Å². The molecule has 0 rings (SSSR count). The van der Waals surface area contributed by atoms with Gasteiger partial charge in [-0.25, -0.2) is 0 Å². The van der Waals surface area contributed by atoms with Crippen LogP contribution in [0.5, 0.6) is 0 Å². The first-order valence-corrected chi connectivity index (χ1v) is 8.27. The number of hydrogen-bond acceptors (Lipinski definition) is 2. The Morgan fingerprint density at radius 1 is 1.36 bits per heavy atom. The zero-order valence-electron chi connectivity index (χ0n) is 9.04. The van der Waals surface area contributed by atoms with Gasteiger partial charge in [0.1, 0.15) is 0 Å². The van der Waals surface area contributed by atoms with Gasteiger partial charge < -0.3 is 0 Å². The molecule has 0 fully saturated rings. The molecule has 0 aromatic heterocycles. The first-order valence-electron chi connectivity index (χ1n) is 4.67. The number of rotatable bonds is 6. The average Bonchev–Trinajstić information content (AvgIpc) is 2.02. The Kier molecular flexibility index (Phi) is 8.32. The van der Waals surface area contributed by atoms with Gasteiger partial charge in [0.05, 0.1) is 0 Å². The van der Waals surface area contributed by atoms with Crippen molar-refractivity contribution in [3.05, 3.63) is 23.3 Å². The SMILES string of the molecule is CC(C)=CCC/C(C)=C/C[O][Sn](=[O])[OH]. The predicted octanol–water partition coefficient (Wildman–Crippen LogP) is 2.10. The van der Waals surface area contributed by atoms with Crippen LogP contribution in [-0.4, -0.2) is 30.6 Å². The Bertz CT molecular complexity index is 240. The van der Waals surface area contributed by atoms with E-state index in [1.165, 1.54) is 11.1 Å². The topological polar surface area (TPSA) is 46.5 Å². The summed E-state index contributed by atoms with van der Waals surface area (Å²) in [7, 11) is 0. The van der Waals surface area contributed by atoms with Crippen LogP contribution in [0.15, 0.2) is 23.3 Å². The van der Waals surface area contributed by atoms with Gasteiger partial charge in [0, 0.05) is 0 Å². The molecular formula is C10H18O3Sn. The molecule has 4 heteroatoms. The maximum absolute atomic E-state index is 10.3. The van der Waals surface area contributed by atoms with E-state index in [2.05, 4.69) is 23.0 Å². The Balaban J connectivity index is 3.67. The Hall–Kier alpha value is -0.00130. The fourth-order valence-electron chi connectivity index (χ4n) is 0.946. The normalized spacial score (nSPS) is 11.3. The molecule has 80 valence electrons. The van der Waals surface area contributed by atoms with Crippen molar-refractivity contribution in [3.8, 4) is 0 Å². The average molecular weight is 305 g/mol. The fraction of sp³-hybridized carbons (Fsp3) is 0.600. The quantitative estimate of drug-likeness (QED) is 0.604. The molecule has 0 unspecified atom stereocenters. The molecule has 1 N–H and O–H groups in total. The maximum atomic E-state index is 10.3. The van der Waals surface area contributed by atoms with E-state index < -0.39 is 20.6 Å². The van der Waals surface area contributed by atoms with E-state index in [0.29, 0.717) is 0 Å². The molecule has 0 radical (unpaired) electrons. The molecule has 0 atom stereocenters. The third-order valence-electron chi connectivity index (χ3n) is 1.73. The summed E-state index contributed by atoms with van der Waals surface area (Å²) >= 11 is -3.56. The van der Waals surface area contributed by atoms with E-state index in [4.69, 9.17) is 3.44 Å². The standard InChI is InChI=1S/C10H17O.H2O.O.Sn/c1-9(2)5-4-6-10(3)7-8-11;;;/h5,7H,4,6,8H2,1-3H3;1H2;;/q-1;;;+2/p-1/b10-7+;;;. The second-order valence-electron chi connectivity index (χ2n) is 3.45.